The molecule has 164 valence electrons. The van der Waals surface area contributed by atoms with E-state index in [2.05, 4.69) is 15.4 Å². The maximum Gasteiger partial charge on any atom is 0.339 e. The maximum atomic E-state index is 13.8. The third-order valence-electron chi connectivity index (χ3n) is 4.80. The first kappa shape index (κ1) is 21.6. The molecule has 0 radical (unpaired) electrons. The van der Waals surface area contributed by atoms with Crippen LogP contribution in [0.4, 0.5) is 14.5 Å². The number of carbonyl (C=O) groups excluding carboxylic acids is 2. The molecule has 7 nitrogen and oxygen atoms in total. The van der Waals surface area contributed by atoms with E-state index in [-0.39, 0.29) is 11.3 Å². The number of nitrogens with one attached hydrogen (secondary N) is 1. The Morgan fingerprint density at radius 3 is 2.72 bits per heavy atom. The van der Waals surface area contributed by atoms with Gasteiger partial charge in [-0.05, 0) is 43.5 Å². The molecule has 1 unspecified atom stereocenters. The highest BCUT2D eigenvalue weighted by molar-refractivity contribution is 7.13. The van der Waals surface area contributed by atoms with Gasteiger partial charge in [0, 0.05) is 13.1 Å². The molecule has 1 aromatic carbocycles. The van der Waals surface area contributed by atoms with Crippen LogP contribution in [0.5, 0.6) is 0 Å². The summed E-state index contributed by atoms with van der Waals surface area (Å²) in [5.74, 6) is -3.07. The molecule has 4 aromatic rings. The van der Waals surface area contributed by atoms with Gasteiger partial charge in [-0.3, -0.25) is 9.48 Å². The number of ether oxygens (including phenoxy) is 1. The van der Waals surface area contributed by atoms with Crippen molar-refractivity contribution in [3.05, 3.63) is 64.7 Å². The van der Waals surface area contributed by atoms with Gasteiger partial charge in [0.1, 0.15) is 11.6 Å². The molecule has 3 aromatic heterocycles. The van der Waals surface area contributed by atoms with Crippen LogP contribution in [0.25, 0.3) is 21.6 Å². The molecule has 0 fully saturated rings. The van der Waals surface area contributed by atoms with Crippen LogP contribution in [0.1, 0.15) is 23.0 Å². The molecule has 0 aliphatic rings. The first-order valence-corrected chi connectivity index (χ1v) is 10.5. The van der Waals surface area contributed by atoms with Gasteiger partial charge in [0.25, 0.3) is 5.91 Å². The average molecular weight is 456 g/mol. The molecule has 0 bridgehead atoms. The van der Waals surface area contributed by atoms with Gasteiger partial charge in [-0.25, -0.2) is 18.6 Å². The number of aryl methyl sites for hydroxylation is 2. The minimum atomic E-state index is -1.27. The molecule has 4 rings (SSSR count). The van der Waals surface area contributed by atoms with Gasteiger partial charge in [-0.2, -0.15) is 5.10 Å². The summed E-state index contributed by atoms with van der Waals surface area (Å²) in [5, 5.41) is 8.98. The average Bonchev–Trinajstić information content (AvgIpc) is 3.38. The van der Waals surface area contributed by atoms with Gasteiger partial charge in [0.05, 0.1) is 32.9 Å². The number of halogens is 2. The summed E-state index contributed by atoms with van der Waals surface area (Å²) in [4.78, 5) is 30.9. The molecule has 1 amide bonds. The van der Waals surface area contributed by atoms with Gasteiger partial charge in [-0.1, -0.05) is 6.07 Å². The lowest BCUT2D eigenvalue weighted by Gasteiger charge is -2.15. The largest absolute Gasteiger partial charge is 0.449 e. The summed E-state index contributed by atoms with van der Waals surface area (Å²) in [7, 11) is 1.72. The second-order valence-electron chi connectivity index (χ2n) is 7.10. The minimum Gasteiger partial charge on any atom is -0.449 e. The molecule has 0 saturated carbocycles. The van der Waals surface area contributed by atoms with Gasteiger partial charge in [0.2, 0.25) is 0 Å². The standard InChI is InChI=1S/C22H18F2N4O3S/c1-11-19-14(10-17(18-5-4-8-32-18)25-20(19)28(3)27-11)22(30)31-12(2)21(29)26-16-9-13(23)6-7-15(16)24/h4-10,12H,1-3H3,(H,26,29). The van der Waals surface area contributed by atoms with Crippen molar-refractivity contribution in [1.82, 2.24) is 14.8 Å². The fraction of sp³-hybridized carbons (Fsp3) is 0.182. The summed E-state index contributed by atoms with van der Waals surface area (Å²) in [6.45, 7) is 3.09. The number of carbonyl (C=O) groups is 2. The summed E-state index contributed by atoms with van der Waals surface area (Å²) in [5.41, 5.74) is 1.52. The number of fused-ring (bicyclic) bond motifs is 1. The summed E-state index contributed by atoms with van der Waals surface area (Å²) in [6, 6.07) is 8.02. The lowest BCUT2D eigenvalue weighted by atomic mass is 10.1. The number of aromatic nitrogens is 3. The number of amides is 1. The predicted octanol–water partition coefficient (Wildman–Crippen LogP) is 4.47. The van der Waals surface area contributed by atoms with E-state index < -0.39 is 29.6 Å². The number of hydrogen-bond donors (Lipinski definition) is 1. The van der Waals surface area contributed by atoms with E-state index in [9.17, 15) is 18.4 Å². The van der Waals surface area contributed by atoms with E-state index in [4.69, 9.17) is 4.74 Å². The van der Waals surface area contributed by atoms with E-state index >= 15 is 0 Å². The molecule has 0 aliphatic heterocycles. The van der Waals surface area contributed by atoms with Crippen molar-refractivity contribution in [2.45, 2.75) is 20.0 Å². The number of rotatable bonds is 5. The van der Waals surface area contributed by atoms with Crippen molar-refractivity contribution < 1.29 is 23.1 Å². The molecular weight excluding hydrogens is 438 g/mol. The zero-order chi connectivity index (χ0) is 23.0. The van der Waals surface area contributed by atoms with E-state index in [1.54, 1.807) is 24.7 Å². The zero-order valence-electron chi connectivity index (χ0n) is 17.3. The smallest absolute Gasteiger partial charge is 0.339 e. The SMILES string of the molecule is Cc1nn(C)c2nc(-c3cccs3)cc(C(=O)OC(C)C(=O)Nc3cc(F)ccc3F)c12. The van der Waals surface area contributed by atoms with Crippen molar-refractivity contribution in [3.8, 4) is 10.6 Å². The second-order valence-corrected chi connectivity index (χ2v) is 8.05. The molecule has 0 saturated heterocycles. The Bertz CT molecular complexity index is 1330. The summed E-state index contributed by atoms with van der Waals surface area (Å²) < 4.78 is 34.1. The van der Waals surface area contributed by atoms with Gasteiger partial charge in [-0.15, -0.1) is 11.3 Å². The molecule has 0 aliphatic carbocycles. The molecule has 1 N–H and O–H groups in total. The lowest BCUT2D eigenvalue weighted by Crippen LogP contribution is -2.30. The lowest BCUT2D eigenvalue weighted by molar-refractivity contribution is -0.123. The summed E-state index contributed by atoms with van der Waals surface area (Å²) in [6.07, 6.45) is -1.27. The van der Waals surface area contributed by atoms with E-state index in [1.807, 2.05) is 17.5 Å². The summed E-state index contributed by atoms with van der Waals surface area (Å²) >= 11 is 1.47. The van der Waals surface area contributed by atoms with Crippen LogP contribution in [0.2, 0.25) is 0 Å². The second kappa shape index (κ2) is 8.46. The van der Waals surface area contributed by atoms with Crippen molar-refractivity contribution >= 4 is 39.9 Å². The van der Waals surface area contributed by atoms with Gasteiger partial charge in [0.15, 0.2) is 11.8 Å². The molecular formula is C22H18F2N4O3S. The zero-order valence-corrected chi connectivity index (χ0v) is 18.2. The maximum absolute atomic E-state index is 13.8. The van der Waals surface area contributed by atoms with Crippen LogP contribution in [0.15, 0.2) is 41.8 Å². The quantitative estimate of drug-likeness (QED) is 0.448. The molecule has 32 heavy (non-hydrogen) atoms. The van der Waals surface area contributed by atoms with E-state index in [0.29, 0.717) is 22.4 Å². The fourth-order valence-electron chi connectivity index (χ4n) is 3.26. The van der Waals surface area contributed by atoms with E-state index in [0.717, 1.165) is 23.1 Å². The Kier molecular flexibility index (Phi) is 5.70. The van der Waals surface area contributed by atoms with Crippen LogP contribution in [0, 0.1) is 18.6 Å². The third kappa shape index (κ3) is 4.09. The normalized spacial score (nSPS) is 12.0. The number of benzene rings is 1. The minimum absolute atomic E-state index is 0.209. The van der Waals surface area contributed by atoms with Crippen LogP contribution in [0.3, 0.4) is 0 Å². The van der Waals surface area contributed by atoms with Crippen molar-refractivity contribution in [2.24, 2.45) is 7.05 Å². The number of esters is 1. The Morgan fingerprint density at radius 2 is 2.00 bits per heavy atom. The number of anilines is 1. The highest BCUT2D eigenvalue weighted by Crippen LogP contribution is 2.30. The Hall–Kier alpha value is -3.66. The topological polar surface area (TPSA) is 86.1 Å². The first-order valence-electron chi connectivity index (χ1n) is 9.59. The van der Waals surface area contributed by atoms with Crippen LogP contribution in [-0.2, 0) is 16.6 Å². The third-order valence-corrected chi connectivity index (χ3v) is 5.69. The Balaban J connectivity index is 1.63. The predicted molar refractivity (Wildman–Crippen MR) is 116 cm³/mol. The highest BCUT2D eigenvalue weighted by Gasteiger charge is 2.25. The van der Waals surface area contributed by atoms with Gasteiger partial charge < -0.3 is 10.1 Å². The van der Waals surface area contributed by atoms with Crippen molar-refractivity contribution in [1.29, 1.82) is 0 Å². The van der Waals surface area contributed by atoms with Crippen LogP contribution in [-0.4, -0.2) is 32.7 Å². The van der Waals surface area contributed by atoms with Crippen LogP contribution < -0.4 is 5.32 Å². The Labute approximate surface area is 185 Å². The number of hydrogen-bond acceptors (Lipinski definition) is 6. The number of thiophene rings is 1. The number of nitrogens with zero attached hydrogens (tertiary/aromatic N) is 3. The van der Waals surface area contributed by atoms with Crippen molar-refractivity contribution in [2.75, 3.05) is 5.32 Å². The monoisotopic (exact) mass is 456 g/mol. The fourth-order valence-corrected chi connectivity index (χ4v) is 3.95. The number of pyridine rings is 1. The van der Waals surface area contributed by atoms with Gasteiger partial charge >= 0.3 is 5.97 Å². The molecule has 3 heterocycles. The first-order chi connectivity index (χ1) is 15.2. The van der Waals surface area contributed by atoms with Crippen LogP contribution >= 0.6 is 11.3 Å². The molecule has 1 atom stereocenters. The molecule has 0 spiro atoms. The molecule has 10 heteroatoms. The van der Waals surface area contributed by atoms with E-state index in [1.165, 1.54) is 18.3 Å². The highest BCUT2D eigenvalue weighted by atomic mass is 32.1. The van der Waals surface area contributed by atoms with Crippen molar-refractivity contribution in [3.63, 3.8) is 0 Å². The Morgan fingerprint density at radius 1 is 1.22 bits per heavy atom.